The van der Waals surface area contributed by atoms with Crippen molar-refractivity contribution in [1.82, 2.24) is 0 Å². The number of ether oxygens (including phenoxy) is 1. The zero-order valence-corrected chi connectivity index (χ0v) is 7.71. The van der Waals surface area contributed by atoms with E-state index < -0.39 is 0 Å². The van der Waals surface area contributed by atoms with E-state index >= 15 is 0 Å². The summed E-state index contributed by atoms with van der Waals surface area (Å²) in [5.74, 6) is 0.739. The van der Waals surface area contributed by atoms with Crippen LogP contribution >= 0.6 is 11.6 Å². The lowest BCUT2D eigenvalue weighted by Crippen LogP contribution is -1.95. The van der Waals surface area contributed by atoms with Crippen molar-refractivity contribution < 1.29 is 4.74 Å². The van der Waals surface area contributed by atoms with Crippen LogP contribution in [-0.4, -0.2) is 6.10 Å². The Labute approximate surface area is 81.7 Å². The summed E-state index contributed by atoms with van der Waals surface area (Å²) < 4.78 is 5.51. The molecule has 1 aromatic carbocycles. The van der Waals surface area contributed by atoms with Crippen molar-refractivity contribution in [3.63, 3.8) is 0 Å². The molecule has 2 nitrogen and oxygen atoms in total. The Morgan fingerprint density at radius 2 is 2.23 bits per heavy atom. The Bertz CT molecular complexity index is 366. The lowest BCUT2D eigenvalue weighted by atomic mass is 10.2. The highest BCUT2D eigenvalue weighted by atomic mass is 35.5. The molecule has 1 aliphatic rings. The predicted molar refractivity (Wildman–Crippen MR) is 49.8 cm³/mol. The molecule has 66 valence electrons. The van der Waals surface area contributed by atoms with E-state index in [-0.39, 0.29) is 0 Å². The summed E-state index contributed by atoms with van der Waals surface area (Å²) in [5.41, 5.74) is 0.472. The molecule has 0 aromatic heterocycles. The molecular weight excluding hydrogens is 186 g/mol. The summed E-state index contributed by atoms with van der Waals surface area (Å²) >= 11 is 5.77. The topological polar surface area (TPSA) is 33.0 Å². The van der Waals surface area contributed by atoms with Crippen molar-refractivity contribution in [2.45, 2.75) is 18.9 Å². The summed E-state index contributed by atoms with van der Waals surface area (Å²) in [7, 11) is 0. The maximum Gasteiger partial charge on any atom is 0.121 e. The molecule has 0 atom stereocenters. The molecule has 3 heteroatoms. The Hall–Kier alpha value is -1.20. The quantitative estimate of drug-likeness (QED) is 0.724. The second-order valence-corrected chi connectivity index (χ2v) is 3.48. The number of nitriles is 1. The highest BCUT2D eigenvalue weighted by Gasteiger charge is 2.23. The molecule has 0 radical (unpaired) electrons. The molecule has 1 saturated carbocycles. The normalized spacial score (nSPS) is 15.1. The molecule has 0 saturated heterocycles. The minimum Gasteiger partial charge on any atom is -0.490 e. The second-order valence-electron chi connectivity index (χ2n) is 3.07. The monoisotopic (exact) mass is 193 g/mol. The Balaban J connectivity index is 2.22. The fraction of sp³-hybridized carbons (Fsp3) is 0.300. The van der Waals surface area contributed by atoms with Crippen LogP contribution in [0.4, 0.5) is 0 Å². The third kappa shape index (κ3) is 1.93. The van der Waals surface area contributed by atoms with Gasteiger partial charge in [0.05, 0.1) is 16.7 Å². The van der Waals surface area contributed by atoms with Crippen molar-refractivity contribution in [1.29, 1.82) is 5.26 Å². The van der Waals surface area contributed by atoms with Crippen LogP contribution in [0.2, 0.25) is 5.02 Å². The molecular formula is C10H8ClNO. The fourth-order valence-electron chi connectivity index (χ4n) is 1.04. The lowest BCUT2D eigenvalue weighted by molar-refractivity contribution is 0.303. The third-order valence-electron chi connectivity index (χ3n) is 1.89. The van der Waals surface area contributed by atoms with Crippen molar-refractivity contribution in [3.8, 4) is 11.8 Å². The van der Waals surface area contributed by atoms with Crippen molar-refractivity contribution >= 4 is 11.6 Å². The average molecular weight is 194 g/mol. The molecule has 0 heterocycles. The Kier molecular flexibility index (Phi) is 2.12. The van der Waals surface area contributed by atoms with E-state index in [1.54, 1.807) is 18.2 Å². The molecule has 0 N–H and O–H groups in total. The van der Waals surface area contributed by atoms with Gasteiger partial charge in [-0.15, -0.1) is 0 Å². The van der Waals surface area contributed by atoms with Crippen LogP contribution in [0.3, 0.4) is 0 Å². The smallest absolute Gasteiger partial charge is 0.121 e. The van der Waals surface area contributed by atoms with Crippen LogP contribution < -0.4 is 4.74 Å². The van der Waals surface area contributed by atoms with Gasteiger partial charge in [0.25, 0.3) is 0 Å². The zero-order valence-electron chi connectivity index (χ0n) is 6.96. The lowest BCUT2D eigenvalue weighted by Gasteiger charge is -2.04. The zero-order chi connectivity index (χ0) is 9.26. The first kappa shape index (κ1) is 8.40. The summed E-state index contributed by atoms with van der Waals surface area (Å²) in [5, 5.41) is 9.18. The van der Waals surface area contributed by atoms with E-state index in [4.69, 9.17) is 21.6 Å². The first-order valence-corrected chi connectivity index (χ1v) is 4.53. The van der Waals surface area contributed by atoms with E-state index in [2.05, 4.69) is 0 Å². The van der Waals surface area contributed by atoms with Crippen LogP contribution in [-0.2, 0) is 0 Å². The van der Waals surface area contributed by atoms with E-state index in [9.17, 15) is 0 Å². The van der Waals surface area contributed by atoms with Gasteiger partial charge in [-0.3, -0.25) is 0 Å². The molecule has 0 unspecified atom stereocenters. The molecule has 13 heavy (non-hydrogen) atoms. The minimum atomic E-state index is 0.354. The number of rotatable bonds is 2. The number of hydrogen-bond acceptors (Lipinski definition) is 2. The summed E-state index contributed by atoms with van der Waals surface area (Å²) in [6, 6.07) is 7.18. The molecule has 1 fully saturated rings. The van der Waals surface area contributed by atoms with E-state index in [0.29, 0.717) is 16.7 Å². The van der Waals surface area contributed by atoms with Gasteiger partial charge < -0.3 is 4.74 Å². The van der Waals surface area contributed by atoms with Crippen LogP contribution in [0.1, 0.15) is 18.4 Å². The molecule has 0 aliphatic heterocycles. The van der Waals surface area contributed by atoms with Gasteiger partial charge in [-0.1, -0.05) is 11.6 Å². The average Bonchev–Trinajstić information content (AvgIpc) is 2.92. The Morgan fingerprint density at radius 1 is 1.46 bits per heavy atom. The van der Waals surface area contributed by atoms with E-state index in [1.165, 1.54) is 0 Å². The largest absolute Gasteiger partial charge is 0.490 e. The number of hydrogen-bond donors (Lipinski definition) is 0. The summed E-state index contributed by atoms with van der Waals surface area (Å²) in [6.07, 6.45) is 2.59. The molecule has 2 rings (SSSR count). The van der Waals surface area contributed by atoms with Crippen LogP contribution in [0.15, 0.2) is 18.2 Å². The standard InChI is InChI=1S/C10H8ClNO/c11-10-4-3-9(5-7(10)6-12)13-8-1-2-8/h3-5,8H,1-2H2. The molecule has 1 aromatic rings. The fourth-order valence-corrected chi connectivity index (χ4v) is 1.20. The van der Waals surface area contributed by atoms with Crippen molar-refractivity contribution in [2.24, 2.45) is 0 Å². The summed E-state index contributed by atoms with van der Waals surface area (Å²) in [4.78, 5) is 0. The highest BCUT2D eigenvalue weighted by Crippen LogP contribution is 2.28. The van der Waals surface area contributed by atoms with Gasteiger partial charge in [-0.05, 0) is 31.0 Å². The van der Waals surface area contributed by atoms with Crippen molar-refractivity contribution in [2.75, 3.05) is 0 Å². The van der Waals surface area contributed by atoms with Gasteiger partial charge in [-0.25, -0.2) is 0 Å². The maximum absolute atomic E-state index is 8.70. The van der Waals surface area contributed by atoms with E-state index in [0.717, 1.165) is 18.6 Å². The van der Waals surface area contributed by atoms with Gasteiger partial charge in [0.1, 0.15) is 11.8 Å². The number of halogens is 1. The van der Waals surface area contributed by atoms with Crippen LogP contribution in [0.25, 0.3) is 0 Å². The van der Waals surface area contributed by atoms with Crippen molar-refractivity contribution in [3.05, 3.63) is 28.8 Å². The van der Waals surface area contributed by atoms with Crippen LogP contribution in [0.5, 0.6) is 5.75 Å². The predicted octanol–water partition coefficient (Wildman–Crippen LogP) is 2.75. The van der Waals surface area contributed by atoms with Gasteiger partial charge in [0.2, 0.25) is 0 Å². The minimum absolute atomic E-state index is 0.354. The van der Waals surface area contributed by atoms with Gasteiger partial charge in [0, 0.05) is 0 Å². The summed E-state index contributed by atoms with van der Waals surface area (Å²) in [6.45, 7) is 0. The van der Waals surface area contributed by atoms with Crippen LogP contribution in [0, 0.1) is 11.3 Å². The molecule has 0 spiro atoms. The first-order chi connectivity index (χ1) is 6.29. The number of nitrogens with zero attached hydrogens (tertiary/aromatic N) is 1. The van der Waals surface area contributed by atoms with Gasteiger partial charge >= 0.3 is 0 Å². The second kappa shape index (κ2) is 3.27. The SMILES string of the molecule is N#Cc1cc(OC2CC2)ccc1Cl. The molecule has 0 amide bonds. The Morgan fingerprint density at radius 3 is 2.85 bits per heavy atom. The van der Waals surface area contributed by atoms with Gasteiger partial charge in [0.15, 0.2) is 0 Å². The first-order valence-electron chi connectivity index (χ1n) is 4.16. The molecule has 0 bridgehead atoms. The highest BCUT2D eigenvalue weighted by molar-refractivity contribution is 6.31. The number of benzene rings is 1. The van der Waals surface area contributed by atoms with E-state index in [1.807, 2.05) is 6.07 Å². The molecule has 1 aliphatic carbocycles. The maximum atomic E-state index is 8.70. The van der Waals surface area contributed by atoms with Gasteiger partial charge in [-0.2, -0.15) is 5.26 Å². The third-order valence-corrected chi connectivity index (χ3v) is 2.21.